The van der Waals surface area contributed by atoms with Gasteiger partial charge in [-0.05, 0) is 60.4 Å². The van der Waals surface area contributed by atoms with Crippen molar-refractivity contribution in [3.63, 3.8) is 0 Å². The van der Waals surface area contributed by atoms with Crippen LogP contribution in [0.3, 0.4) is 0 Å². The Morgan fingerprint density at radius 2 is 1.78 bits per heavy atom. The Balaban J connectivity index is 1.32. The molecule has 0 unspecified atom stereocenters. The van der Waals surface area contributed by atoms with E-state index in [1.54, 1.807) is 12.1 Å². The summed E-state index contributed by atoms with van der Waals surface area (Å²) in [7, 11) is 0. The topological polar surface area (TPSA) is 108 Å². The molecule has 1 aliphatic rings. The fraction of sp³-hybridized carbons (Fsp3) is 0.321. The van der Waals surface area contributed by atoms with Gasteiger partial charge >= 0.3 is 0 Å². The highest BCUT2D eigenvalue weighted by Gasteiger charge is 2.44. The van der Waals surface area contributed by atoms with Gasteiger partial charge in [-0.3, -0.25) is 0 Å². The molecule has 7 nitrogen and oxygen atoms in total. The fourth-order valence-electron chi connectivity index (χ4n) is 4.52. The summed E-state index contributed by atoms with van der Waals surface area (Å²) in [5.74, 6) is 1.15. The van der Waals surface area contributed by atoms with Gasteiger partial charge < -0.3 is 29.8 Å². The first-order chi connectivity index (χ1) is 17.9. The van der Waals surface area contributed by atoms with Crippen LogP contribution in [-0.2, 0) is 11.2 Å². The van der Waals surface area contributed by atoms with Gasteiger partial charge in [0.05, 0.1) is 23.7 Å². The average molecular weight is 541 g/mol. The number of ether oxygens (including phenoxy) is 2. The molecule has 4 N–H and O–H groups in total. The van der Waals surface area contributed by atoms with Crippen molar-refractivity contribution >= 4 is 34.4 Å². The molecule has 1 aromatic heterocycles. The predicted octanol–water partition coefficient (Wildman–Crippen LogP) is 4.52. The first kappa shape index (κ1) is 26.0. The third-order valence-electron chi connectivity index (χ3n) is 6.49. The molecule has 37 heavy (non-hydrogen) atoms. The summed E-state index contributed by atoms with van der Waals surface area (Å²) in [6, 6.07) is 21.0. The number of aromatic nitrogens is 2. The van der Waals surface area contributed by atoms with Crippen molar-refractivity contribution in [1.29, 1.82) is 0 Å². The van der Waals surface area contributed by atoms with E-state index in [2.05, 4.69) is 9.97 Å². The second-order valence-corrected chi connectivity index (χ2v) is 10.5. The van der Waals surface area contributed by atoms with Crippen molar-refractivity contribution in [3.8, 4) is 5.75 Å². The van der Waals surface area contributed by atoms with Gasteiger partial charge in [0.2, 0.25) is 0 Å². The molecular formula is C28H29ClN2O5S. The largest absolute Gasteiger partial charge is 0.494 e. The standard InChI is InChI=1S/C28H29ClN2O5S/c1-2-35-19-10-7-16(8-11-19)13-18-14-17(9-12-20(18)29)27-26(34)25(33)24(32)23(36-27)15-37-28-30-21-5-3-4-6-22(21)31-28/h3-12,14,23-27,32-34H,2,13,15H2,1H3,(H,30,31)/t23-,24-,25+,26-,27+/m1/s1. The molecule has 0 spiro atoms. The molecule has 4 aromatic rings. The molecule has 0 saturated carbocycles. The zero-order chi connectivity index (χ0) is 25.9. The van der Waals surface area contributed by atoms with Crippen molar-refractivity contribution in [1.82, 2.24) is 9.97 Å². The molecule has 1 fully saturated rings. The molecule has 1 aliphatic heterocycles. The van der Waals surface area contributed by atoms with E-state index in [0.717, 1.165) is 27.9 Å². The smallest absolute Gasteiger partial charge is 0.166 e. The van der Waals surface area contributed by atoms with E-state index >= 15 is 0 Å². The van der Waals surface area contributed by atoms with Crippen LogP contribution in [0.25, 0.3) is 11.0 Å². The number of rotatable bonds is 8. The minimum Gasteiger partial charge on any atom is -0.494 e. The maximum atomic E-state index is 10.8. The molecule has 0 radical (unpaired) electrons. The Morgan fingerprint density at radius 1 is 1.00 bits per heavy atom. The van der Waals surface area contributed by atoms with Gasteiger partial charge in [0, 0.05) is 10.8 Å². The lowest BCUT2D eigenvalue weighted by Gasteiger charge is -2.41. The van der Waals surface area contributed by atoms with Gasteiger partial charge in [-0.15, -0.1) is 0 Å². The summed E-state index contributed by atoms with van der Waals surface area (Å²) in [4.78, 5) is 7.79. The number of nitrogens with one attached hydrogen (secondary N) is 1. The normalized spacial score (nSPS) is 23.9. The lowest BCUT2D eigenvalue weighted by Crippen LogP contribution is -2.54. The van der Waals surface area contributed by atoms with Crippen LogP contribution in [0.5, 0.6) is 5.75 Å². The maximum Gasteiger partial charge on any atom is 0.166 e. The number of aromatic amines is 1. The molecule has 194 valence electrons. The molecule has 1 saturated heterocycles. The summed E-state index contributed by atoms with van der Waals surface area (Å²) in [5.41, 5.74) is 4.38. The monoisotopic (exact) mass is 540 g/mol. The van der Waals surface area contributed by atoms with Crippen molar-refractivity contribution in [2.24, 2.45) is 0 Å². The number of imidazole rings is 1. The second kappa shape index (κ2) is 11.4. The third kappa shape index (κ3) is 5.80. The highest BCUT2D eigenvalue weighted by atomic mass is 35.5. The number of thioether (sulfide) groups is 1. The van der Waals surface area contributed by atoms with Gasteiger partial charge in [0.1, 0.15) is 30.2 Å². The number of aliphatic hydroxyl groups is 3. The number of nitrogens with zero attached hydrogens (tertiary/aromatic N) is 1. The highest BCUT2D eigenvalue weighted by Crippen LogP contribution is 2.36. The number of para-hydroxylation sites is 2. The van der Waals surface area contributed by atoms with Crippen LogP contribution in [0.4, 0.5) is 0 Å². The van der Waals surface area contributed by atoms with Crippen LogP contribution in [0.1, 0.15) is 29.7 Å². The van der Waals surface area contributed by atoms with E-state index in [1.165, 1.54) is 11.8 Å². The molecule has 0 bridgehead atoms. The van der Waals surface area contributed by atoms with Gasteiger partial charge in [-0.2, -0.15) is 0 Å². The Bertz CT molecular complexity index is 1320. The summed E-state index contributed by atoms with van der Waals surface area (Å²) in [5, 5.41) is 33.3. The zero-order valence-corrected chi connectivity index (χ0v) is 21.8. The van der Waals surface area contributed by atoms with E-state index in [-0.39, 0.29) is 0 Å². The van der Waals surface area contributed by atoms with Crippen LogP contribution < -0.4 is 4.74 Å². The summed E-state index contributed by atoms with van der Waals surface area (Å²) < 4.78 is 11.7. The van der Waals surface area contributed by atoms with E-state index in [0.29, 0.717) is 34.5 Å². The number of halogens is 1. The molecule has 5 rings (SSSR count). The van der Waals surface area contributed by atoms with Crippen molar-refractivity contribution < 1.29 is 24.8 Å². The Hall–Kier alpha value is -2.59. The summed E-state index contributed by atoms with van der Waals surface area (Å²) in [6.45, 7) is 2.55. The number of H-pyrrole nitrogens is 1. The number of benzene rings is 3. The van der Waals surface area contributed by atoms with Crippen molar-refractivity contribution in [2.75, 3.05) is 12.4 Å². The van der Waals surface area contributed by atoms with Gasteiger partial charge in [0.15, 0.2) is 5.16 Å². The van der Waals surface area contributed by atoms with E-state index in [1.807, 2.05) is 61.5 Å². The fourth-order valence-corrected chi connectivity index (χ4v) is 5.65. The SMILES string of the molecule is CCOc1ccc(Cc2cc([C@@H]3O[C@H](CSc4nc5ccccc5[nH]4)[C@@H](O)[C@H](O)[C@H]3O)ccc2Cl)cc1. The Kier molecular flexibility index (Phi) is 8.04. The average Bonchev–Trinajstić information content (AvgIpc) is 3.33. The molecule has 2 heterocycles. The molecule has 3 aromatic carbocycles. The third-order valence-corrected chi connectivity index (χ3v) is 7.82. The number of hydrogen-bond donors (Lipinski definition) is 4. The quantitative estimate of drug-likeness (QED) is 0.243. The molecule has 9 heteroatoms. The van der Waals surface area contributed by atoms with Crippen molar-refractivity contribution in [3.05, 3.63) is 88.4 Å². The van der Waals surface area contributed by atoms with E-state index < -0.39 is 30.5 Å². The lowest BCUT2D eigenvalue weighted by atomic mass is 9.90. The number of fused-ring (bicyclic) bond motifs is 1. The minimum atomic E-state index is -1.36. The Labute approximate surface area is 224 Å². The van der Waals surface area contributed by atoms with Crippen LogP contribution in [0.2, 0.25) is 5.02 Å². The first-order valence-electron chi connectivity index (χ1n) is 12.2. The van der Waals surface area contributed by atoms with Crippen LogP contribution >= 0.6 is 23.4 Å². The van der Waals surface area contributed by atoms with Crippen LogP contribution in [0.15, 0.2) is 71.9 Å². The highest BCUT2D eigenvalue weighted by molar-refractivity contribution is 7.99. The minimum absolute atomic E-state index is 0.341. The second-order valence-electron chi connectivity index (χ2n) is 9.04. The predicted molar refractivity (Wildman–Crippen MR) is 144 cm³/mol. The molecule has 5 atom stereocenters. The molecule has 0 aliphatic carbocycles. The van der Waals surface area contributed by atoms with E-state index in [4.69, 9.17) is 21.1 Å². The van der Waals surface area contributed by atoms with Gasteiger partial charge in [-0.1, -0.05) is 59.8 Å². The zero-order valence-electron chi connectivity index (χ0n) is 20.3. The van der Waals surface area contributed by atoms with Crippen LogP contribution in [0, 0.1) is 0 Å². The summed E-state index contributed by atoms with van der Waals surface area (Å²) >= 11 is 7.90. The van der Waals surface area contributed by atoms with E-state index in [9.17, 15) is 15.3 Å². The number of aliphatic hydroxyl groups excluding tert-OH is 3. The van der Waals surface area contributed by atoms with Crippen molar-refractivity contribution in [2.45, 2.75) is 49.0 Å². The van der Waals surface area contributed by atoms with Gasteiger partial charge in [-0.25, -0.2) is 4.98 Å². The lowest BCUT2D eigenvalue weighted by molar-refractivity contribution is -0.218. The molecule has 0 amide bonds. The summed E-state index contributed by atoms with van der Waals surface area (Å²) in [6.07, 6.45) is -4.84. The first-order valence-corrected chi connectivity index (χ1v) is 13.6. The Morgan fingerprint density at radius 3 is 2.54 bits per heavy atom. The maximum absolute atomic E-state index is 10.8. The number of hydrogen-bond acceptors (Lipinski definition) is 7. The van der Waals surface area contributed by atoms with Crippen LogP contribution in [-0.4, -0.2) is 62.1 Å². The van der Waals surface area contributed by atoms with Gasteiger partial charge in [0.25, 0.3) is 0 Å². The molecular weight excluding hydrogens is 512 g/mol.